The fourth-order valence-corrected chi connectivity index (χ4v) is 3.54. The molecule has 1 heterocycles. The largest absolute Gasteiger partial charge is 0.203 e. The Morgan fingerprint density at radius 2 is 1.20 bits per heavy atom. The van der Waals surface area contributed by atoms with Crippen LogP contribution in [0.3, 0.4) is 0 Å². The Bertz CT molecular complexity index is 410. The van der Waals surface area contributed by atoms with Gasteiger partial charge in [-0.3, -0.25) is 0 Å². The lowest BCUT2D eigenvalue weighted by molar-refractivity contribution is -0.716. The zero-order valence-electron chi connectivity index (χ0n) is 17.4. The van der Waals surface area contributed by atoms with Crippen molar-refractivity contribution in [3.63, 3.8) is 0 Å². The van der Waals surface area contributed by atoms with E-state index in [-0.39, 0.29) is 0 Å². The van der Waals surface area contributed by atoms with Gasteiger partial charge in [0.2, 0.25) is 0 Å². The summed E-state index contributed by atoms with van der Waals surface area (Å²) in [7, 11) is 0. The van der Waals surface area contributed by atoms with E-state index in [4.69, 9.17) is 0 Å². The Morgan fingerprint density at radius 1 is 0.720 bits per heavy atom. The van der Waals surface area contributed by atoms with Crippen LogP contribution in [0.25, 0.3) is 0 Å². The fraction of sp³-hybridized carbons (Fsp3) is 0.792. The topological polar surface area (TPSA) is 3.88 Å². The zero-order chi connectivity index (χ0) is 18.2. The smallest absolute Gasteiger partial charge is 0.172 e. The standard InChI is InChI=1S/C24H44N/c1-4-5-6-7-8-9-10-11-12-13-14-15-16-17-19-24-20-18-21-25(22-24)23(2)3/h18,20-23H,4-17,19H2,1-3H3/q+1. The van der Waals surface area contributed by atoms with Crippen LogP contribution in [0.2, 0.25) is 0 Å². The van der Waals surface area contributed by atoms with E-state index in [1.54, 1.807) is 0 Å². The van der Waals surface area contributed by atoms with E-state index < -0.39 is 0 Å². The van der Waals surface area contributed by atoms with Gasteiger partial charge in [0.25, 0.3) is 0 Å². The molecule has 0 aromatic carbocycles. The summed E-state index contributed by atoms with van der Waals surface area (Å²) in [5, 5.41) is 0. The lowest BCUT2D eigenvalue weighted by Crippen LogP contribution is -2.35. The van der Waals surface area contributed by atoms with Crippen LogP contribution in [0.15, 0.2) is 24.5 Å². The first-order chi connectivity index (χ1) is 12.2. The Balaban J connectivity index is 1.87. The van der Waals surface area contributed by atoms with Crippen LogP contribution in [0.5, 0.6) is 0 Å². The summed E-state index contributed by atoms with van der Waals surface area (Å²) in [6, 6.07) is 5.04. The number of rotatable bonds is 16. The molecule has 0 aliphatic heterocycles. The van der Waals surface area contributed by atoms with Gasteiger partial charge < -0.3 is 0 Å². The van der Waals surface area contributed by atoms with Crippen LogP contribution in [-0.4, -0.2) is 0 Å². The molecule has 1 aromatic rings. The highest BCUT2D eigenvalue weighted by atomic mass is 15.0. The molecular weight excluding hydrogens is 302 g/mol. The first-order valence-electron chi connectivity index (χ1n) is 11.2. The van der Waals surface area contributed by atoms with Crippen molar-refractivity contribution in [1.29, 1.82) is 0 Å². The second kappa shape index (κ2) is 15.4. The molecule has 1 nitrogen and oxygen atoms in total. The Morgan fingerprint density at radius 3 is 1.68 bits per heavy atom. The molecule has 0 saturated heterocycles. The number of pyridine rings is 1. The quantitative estimate of drug-likeness (QED) is 0.214. The summed E-state index contributed by atoms with van der Waals surface area (Å²) in [5.74, 6) is 0. The van der Waals surface area contributed by atoms with E-state index in [0.717, 1.165) is 0 Å². The Labute approximate surface area is 158 Å². The predicted octanol–water partition coefficient (Wildman–Crippen LogP) is 7.58. The number of aryl methyl sites for hydroxylation is 1. The minimum atomic E-state index is 0.566. The van der Waals surface area contributed by atoms with E-state index in [0.29, 0.717) is 6.04 Å². The summed E-state index contributed by atoms with van der Waals surface area (Å²) < 4.78 is 2.32. The van der Waals surface area contributed by atoms with Crippen molar-refractivity contribution >= 4 is 0 Å². The molecule has 0 aliphatic rings. The maximum atomic E-state index is 2.33. The van der Waals surface area contributed by atoms with Crippen molar-refractivity contribution < 1.29 is 4.57 Å². The van der Waals surface area contributed by atoms with Crippen LogP contribution >= 0.6 is 0 Å². The molecule has 0 atom stereocenters. The molecule has 0 bridgehead atoms. The maximum Gasteiger partial charge on any atom is 0.172 e. The van der Waals surface area contributed by atoms with Crippen LogP contribution in [0.4, 0.5) is 0 Å². The molecule has 0 N–H and O–H groups in total. The minimum Gasteiger partial charge on any atom is -0.203 e. The number of hydrogen-bond acceptors (Lipinski definition) is 0. The van der Waals surface area contributed by atoms with E-state index in [1.165, 1.54) is 102 Å². The molecule has 25 heavy (non-hydrogen) atoms. The monoisotopic (exact) mass is 346 g/mol. The second-order valence-corrected chi connectivity index (χ2v) is 8.10. The lowest BCUT2D eigenvalue weighted by atomic mass is 10.0. The number of unbranched alkanes of at least 4 members (excludes halogenated alkanes) is 13. The molecule has 0 amide bonds. The van der Waals surface area contributed by atoms with Gasteiger partial charge in [-0.15, -0.1) is 0 Å². The van der Waals surface area contributed by atoms with Crippen LogP contribution in [0, 0.1) is 0 Å². The molecule has 0 radical (unpaired) electrons. The Hall–Kier alpha value is -0.850. The molecule has 0 saturated carbocycles. The van der Waals surface area contributed by atoms with Crippen molar-refractivity contribution in [2.24, 2.45) is 0 Å². The lowest BCUT2D eigenvalue weighted by Gasteiger charge is -2.04. The van der Waals surface area contributed by atoms with Gasteiger partial charge in [0.15, 0.2) is 18.4 Å². The predicted molar refractivity (Wildman–Crippen MR) is 111 cm³/mol. The molecule has 144 valence electrons. The van der Waals surface area contributed by atoms with Gasteiger partial charge in [-0.05, 0) is 32.8 Å². The van der Waals surface area contributed by atoms with E-state index >= 15 is 0 Å². The van der Waals surface area contributed by atoms with Crippen LogP contribution in [0.1, 0.15) is 122 Å². The minimum absolute atomic E-state index is 0.566. The van der Waals surface area contributed by atoms with Crippen molar-refractivity contribution in [2.45, 2.75) is 123 Å². The van der Waals surface area contributed by atoms with Crippen LogP contribution in [-0.2, 0) is 6.42 Å². The van der Waals surface area contributed by atoms with Crippen LogP contribution < -0.4 is 4.57 Å². The van der Waals surface area contributed by atoms with Gasteiger partial charge in [-0.1, -0.05) is 90.4 Å². The fourth-order valence-electron chi connectivity index (χ4n) is 3.54. The third kappa shape index (κ3) is 12.2. The second-order valence-electron chi connectivity index (χ2n) is 8.10. The molecular formula is C24H44N+. The van der Waals surface area contributed by atoms with E-state index in [9.17, 15) is 0 Å². The highest BCUT2D eigenvalue weighted by Crippen LogP contribution is 2.13. The van der Waals surface area contributed by atoms with Crippen molar-refractivity contribution in [1.82, 2.24) is 0 Å². The summed E-state index contributed by atoms with van der Waals surface area (Å²) in [6.07, 6.45) is 25.9. The molecule has 1 heteroatoms. The Kier molecular flexibility index (Phi) is 13.7. The number of nitrogens with zero attached hydrogens (tertiary/aromatic N) is 1. The number of aromatic nitrogens is 1. The normalized spacial score (nSPS) is 11.4. The summed E-state index contributed by atoms with van der Waals surface area (Å²) in [5.41, 5.74) is 1.50. The third-order valence-corrected chi connectivity index (χ3v) is 5.30. The summed E-state index contributed by atoms with van der Waals surface area (Å²) in [4.78, 5) is 0. The maximum absolute atomic E-state index is 2.33. The van der Waals surface area contributed by atoms with Gasteiger partial charge >= 0.3 is 0 Å². The molecule has 0 fully saturated rings. The molecule has 1 aromatic heterocycles. The molecule has 0 aliphatic carbocycles. The molecule has 0 unspecified atom stereocenters. The van der Waals surface area contributed by atoms with Crippen molar-refractivity contribution in [2.75, 3.05) is 0 Å². The third-order valence-electron chi connectivity index (χ3n) is 5.30. The van der Waals surface area contributed by atoms with Gasteiger partial charge in [0.1, 0.15) is 0 Å². The molecule has 1 rings (SSSR count). The van der Waals surface area contributed by atoms with Crippen molar-refractivity contribution in [3.05, 3.63) is 30.1 Å². The highest BCUT2D eigenvalue weighted by Gasteiger charge is 2.06. The van der Waals surface area contributed by atoms with Crippen molar-refractivity contribution in [3.8, 4) is 0 Å². The van der Waals surface area contributed by atoms with Gasteiger partial charge in [0.05, 0.1) is 0 Å². The first-order valence-corrected chi connectivity index (χ1v) is 11.2. The highest BCUT2D eigenvalue weighted by molar-refractivity contribution is 5.05. The van der Waals surface area contributed by atoms with E-state index in [1.807, 2.05) is 0 Å². The van der Waals surface area contributed by atoms with Gasteiger partial charge in [-0.2, -0.15) is 0 Å². The molecule has 0 spiro atoms. The number of hydrogen-bond donors (Lipinski definition) is 0. The zero-order valence-corrected chi connectivity index (χ0v) is 17.4. The van der Waals surface area contributed by atoms with Gasteiger partial charge in [-0.25, -0.2) is 4.57 Å². The average Bonchev–Trinajstić information content (AvgIpc) is 2.62. The SMILES string of the molecule is CCCCCCCCCCCCCCCCc1ccc[n+](C(C)C)c1. The summed E-state index contributed by atoms with van der Waals surface area (Å²) in [6.45, 7) is 6.79. The first kappa shape index (κ1) is 22.2. The average molecular weight is 347 g/mol. The van der Waals surface area contributed by atoms with Gasteiger partial charge in [0, 0.05) is 11.6 Å². The van der Waals surface area contributed by atoms with E-state index in [2.05, 4.69) is 49.9 Å². The summed E-state index contributed by atoms with van der Waals surface area (Å²) >= 11 is 0.